The Morgan fingerprint density at radius 1 is 1.45 bits per heavy atom. The molecule has 2 rings (SSSR count). The van der Waals surface area contributed by atoms with Crippen LogP contribution in [0.15, 0.2) is 22.7 Å². The van der Waals surface area contributed by atoms with Crippen molar-refractivity contribution in [3.05, 3.63) is 40.1 Å². The van der Waals surface area contributed by atoms with Crippen LogP contribution >= 0.6 is 0 Å². The predicted octanol–water partition coefficient (Wildman–Crippen LogP) is 1.44. The van der Waals surface area contributed by atoms with Crippen LogP contribution in [0.4, 0.5) is 17.3 Å². The Morgan fingerprint density at radius 3 is 2.80 bits per heavy atom. The summed E-state index contributed by atoms with van der Waals surface area (Å²) in [6.45, 7) is 2.23. The summed E-state index contributed by atoms with van der Waals surface area (Å²) in [7, 11) is 0. The molecule has 0 radical (unpaired) electrons. The average Bonchev–Trinajstić information content (AvgIpc) is 2.92. The molecule has 0 aliphatic rings. The minimum absolute atomic E-state index is 0.114. The zero-order valence-corrected chi connectivity index (χ0v) is 10.8. The second kappa shape index (κ2) is 5.97. The molecule has 0 atom stereocenters. The van der Waals surface area contributed by atoms with E-state index in [4.69, 9.17) is 10.3 Å². The number of aromatic nitrogens is 2. The Morgan fingerprint density at radius 2 is 2.20 bits per heavy atom. The molecule has 2 heterocycles. The van der Waals surface area contributed by atoms with Gasteiger partial charge in [-0.2, -0.15) is 0 Å². The van der Waals surface area contributed by atoms with Gasteiger partial charge in [0.25, 0.3) is 5.69 Å². The van der Waals surface area contributed by atoms with E-state index in [1.165, 1.54) is 12.1 Å². The van der Waals surface area contributed by atoms with Gasteiger partial charge in [-0.1, -0.05) is 6.92 Å². The van der Waals surface area contributed by atoms with Crippen molar-refractivity contribution in [1.82, 2.24) is 9.97 Å². The lowest BCUT2D eigenvalue weighted by Gasteiger charge is -2.05. The van der Waals surface area contributed by atoms with Gasteiger partial charge in [0.05, 0.1) is 29.8 Å². The third-order valence-corrected chi connectivity index (χ3v) is 2.54. The standard InChI is InChI=1S/C11H14N6O3/c1-2-8-5-14-11(20-8)6-13-9-3-7(17(18)19)4-10(15-9)16-12/h3-5H,2,6,12H2,1H3,(H2,13,15,16). The van der Waals surface area contributed by atoms with E-state index in [0.717, 1.165) is 12.2 Å². The number of hydrazine groups is 1. The van der Waals surface area contributed by atoms with Crippen molar-refractivity contribution in [3.8, 4) is 0 Å². The van der Waals surface area contributed by atoms with E-state index in [9.17, 15) is 10.1 Å². The van der Waals surface area contributed by atoms with Crippen LogP contribution in [0.5, 0.6) is 0 Å². The first-order valence-electron chi connectivity index (χ1n) is 5.93. The second-order valence-corrected chi connectivity index (χ2v) is 3.92. The van der Waals surface area contributed by atoms with Gasteiger partial charge >= 0.3 is 0 Å². The summed E-state index contributed by atoms with van der Waals surface area (Å²) < 4.78 is 5.41. The predicted molar refractivity (Wildman–Crippen MR) is 71.9 cm³/mol. The molecule has 0 aromatic carbocycles. The van der Waals surface area contributed by atoms with Crippen molar-refractivity contribution < 1.29 is 9.34 Å². The van der Waals surface area contributed by atoms with Gasteiger partial charge < -0.3 is 15.2 Å². The Kier molecular flexibility index (Phi) is 4.11. The van der Waals surface area contributed by atoms with Gasteiger partial charge in [0, 0.05) is 6.42 Å². The lowest BCUT2D eigenvalue weighted by atomic mass is 10.3. The monoisotopic (exact) mass is 278 g/mol. The van der Waals surface area contributed by atoms with Gasteiger partial charge in [-0.3, -0.25) is 10.1 Å². The summed E-state index contributed by atoms with van der Waals surface area (Å²) >= 11 is 0. The fourth-order valence-corrected chi connectivity index (χ4v) is 1.55. The van der Waals surface area contributed by atoms with Crippen molar-refractivity contribution in [2.45, 2.75) is 19.9 Å². The Balaban J connectivity index is 2.12. The van der Waals surface area contributed by atoms with Gasteiger partial charge in [0.1, 0.15) is 17.4 Å². The van der Waals surface area contributed by atoms with Crippen LogP contribution in [0, 0.1) is 10.1 Å². The molecule has 0 spiro atoms. The summed E-state index contributed by atoms with van der Waals surface area (Å²) in [4.78, 5) is 18.4. The van der Waals surface area contributed by atoms with Crippen LogP contribution in [-0.2, 0) is 13.0 Å². The Bertz CT molecular complexity index is 612. The normalized spacial score (nSPS) is 10.3. The van der Waals surface area contributed by atoms with E-state index in [0.29, 0.717) is 11.7 Å². The lowest BCUT2D eigenvalue weighted by molar-refractivity contribution is -0.384. The van der Waals surface area contributed by atoms with Crippen molar-refractivity contribution in [1.29, 1.82) is 0 Å². The summed E-state index contributed by atoms with van der Waals surface area (Å²) in [5.74, 6) is 6.99. The number of aryl methyl sites for hydroxylation is 1. The number of nitrogen functional groups attached to an aromatic ring is 1. The maximum absolute atomic E-state index is 10.8. The number of nitrogens with two attached hydrogens (primary N) is 1. The number of oxazole rings is 1. The number of hydrogen-bond acceptors (Lipinski definition) is 8. The molecule has 0 aliphatic carbocycles. The van der Waals surface area contributed by atoms with Gasteiger partial charge in [-0.15, -0.1) is 0 Å². The van der Waals surface area contributed by atoms with Crippen LogP contribution in [0.1, 0.15) is 18.6 Å². The molecule has 9 heteroatoms. The van der Waals surface area contributed by atoms with Crippen LogP contribution in [0.25, 0.3) is 0 Å². The molecule has 0 saturated carbocycles. The van der Waals surface area contributed by atoms with E-state index in [1.54, 1.807) is 6.20 Å². The molecule has 0 fully saturated rings. The van der Waals surface area contributed by atoms with E-state index in [-0.39, 0.29) is 18.1 Å². The molecule has 2 aromatic heterocycles. The molecule has 0 saturated heterocycles. The highest BCUT2D eigenvalue weighted by Gasteiger charge is 2.11. The van der Waals surface area contributed by atoms with Crippen molar-refractivity contribution in [2.24, 2.45) is 5.84 Å². The molecular formula is C11H14N6O3. The Labute approximate surface area is 114 Å². The molecular weight excluding hydrogens is 264 g/mol. The van der Waals surface area contributed by atoms with Crippen molar-refractivity contribution in [3.63, 3.8) is 0 Å². The molecule has 20 heavy (non-hydrogen) atoms. The van der Waals surface area contributed by atoms with Gasteiger partial charge in [-0.25, -0.2) is 15.8 Å². The first-order chi connectivity index (χ1) is 9.62. The number of pyridine rings is 1. The number of rotatable bonds is 6. The summed E-state index contributed by atoms with van der Waals surface area (Å²) in [6, 6.07) is 2.55. The van der Waals surface area contributed by atoms with Gasteiger partial charge in [0.2, 0.25) is 5.89 Å². The minimum Gasteiger partial charge on any atom is -0.444 e. The van der Waals surface area contributed by atoms with E-state index >= 15 is 0 Å². The summed E-state index contributed by atoms with van der Waals surface area (Å²) in [5.41, 5.74) is 2.17. The van der Waals surface area contributed by atoms with Gasteiger partial charge in [0.15, 0.2) is 0 Å². The van der Waals surface area contributed by atoms with E-state index < -0.39 is 4.92 Å². The smallest absolute Gasteiger partial charge is 0.276 e. The van der Waals surface area contributed by atoms with E-state index in [1.807, 2.05) is 6.92 Å². The van der Waals surface area contributed by atoms with Crippen LogP contribution < -0.4 is 16.6 Å². The summed E-state index contributed by atoms with van der Waals surface area (Å²) in [6.07, 6.45) is 2.40. The third-order valence-electron chi connectivity index (χ3n) is 2.54. The zero-order valence-electron chi connectivity index (χ0n) is 10.8. The number of nitrogens with one attached hydrogen (secondary N) is 2. The lowest BCUT2D eigenvalue weighted by Crippen LogP contribution is -2.11. The SMILES string of the molecule is CCc1cnc(CNc2cc([N+](=O)[O-])cc(NN)n2)o1. The van der Waals surface area contributed by atoms with E-state index in [2.05, 4.69) is 20.7 Å². The molecule has 0 bridgehead atoms. The molecule has 0 unspecified atom stereocenters. The maximum Gasteiger partial charge on any atom is 0.276 e. The number of hydrogen-bond donors (Lipinski definition) is 3. The van der Waals surface area contributed by atoms with Crippen LogP contribution in [-0.4, -0.2) is 14.9 Å². The fraction of sp³-hybridized carbons (Fsp3) is 0.273. The molecule has 106 valence electrons. The highest BCUT2D eigenvalue weighted by Crippen LogP contribution is 2.20. The first kappa shape index (κ1) is 13.7. The number of nitro groups is 1. The molecule has 4 N–H and O–H groups in total. The summed E-state index contributed by atoms with van der Waals surface area (Å²) in [5, 5.41) is 13.7. The highest BCUT2D eigenvalue weighted by molar-refractivity contribution is 5.54. The number of anilines is 2. The maximum atomic E-state index is 10.8. The largest absolute Gasteiger partial charge is 0.444 e. The minimum atomic E-state index is -0.520. The van der Waals surface area contributed by atoms with Crippen LogP contribution in [0.3, 0.4) is 0 Å². The highest BCUT2D eigenvalue weighted by atomic mass is 16.6. The second-order valence-electron chi connectivity index (χ2n) is 3.92. The topological polar surface area (TPSA) is 132 Å². The van der Waals surface area contributed by atoms with Crippen molar-refractivity contribution in [2.75, 3.05) is 10.7 Å². The Hall–Kier alpha value is -2.68. The third kappa shape index (κ3) is 3.20. The number of nitrogens with zero attached hydrogens (tertiary/aromatic N) is 3. The van der Waals surface area contributed by atoms with Gasteiger partial charge in [-0.05, 0) is 0 Å². The first-order valence-corrected chi connectivity index (χ1v) is 5.93. The molecule has 9 nitrogen and oxygen atoms in total. The quantitative estimate of drug-likeness (QED) is 0.410. The van der Waals surface area contributed by atoms with Crippen molar-refractivity contribution >= 4 is 17.3 Å². The zero-order chi connectivity index (χ0) is 14.5. The fourth-order valence-electron chi connectivity index (χ4n) is 1.55. The average molecular weight is 278 g/mol. The molecule has 0 amide bonds. The van der Waals surface area contributed by atoms with Crippen LogP contribution in [0.2, 0.25) is 0 Å². The molecule has 2 aromatic rings. The molecule has 0 aliphatic heterocycles.